The molecule has 0 radical (unpaired) electrons. The minimum absolute atomic E-state index is 0.0337. The van der Waals surface area contributed by atoms with Gasteiger partial charge < -0.3 is 15.2 Å². The Morgan fingerprint density at radius 3 is 2.56 bits per heavy atom. The molecule has 0 amide bonds. The number of aromatic nitrogens is 3. The zero-order valence-corrected chi connectivity index (χ0v) is 23.3. The van der Waals surface area contributed by atoms with Gasteiger partial charge in [-0.25, -0.2) is 18.4 Å². The molecule has 39 heavy (non-hydrogen) atoms. The van der Waals surface area contributed by atoms with Gasteiger partial charge in [0.2, 0.25) is 11.8 Å². The minimum atomic E-state index is -3.94. The van der Waals surface area contributed by atoms with Crippen LogP contribution in [-0.4, -0.2) is 47.7 Å². The van der Waals surface area contributed by atoms with E-state index in [1.54, 1.807) is 30.5 Å². The van der Waals surface area contributed by atoms with Crippen LogP contribution in [0.4, 0.5) is 11.8 Å². The van der Waals surface area contributed by atoms with Gasteiger partial charge in [-0.1, -0.05) is 30.7 Å². The van der Waals surface area contributed by atoms with Crippen LogP contribution in [0.1, 0.15) is 38.2 Å². The van der Waals surface area contributed by atoms with Crippen LogP contribution in [0.2, 0.25) is 5.02 Å². The molecule has 9 nitrogen and oxygen atoms in total. The van der Waals surface area contributed by atoms with E-state index >= 15 is 0 Å². The summed E-state index contributed by atoms with van der Waals surface area (Å²) in [5.41, 5.74) is 3.47. The lowest BCUT2D eigenvalue weighted by molar-refractivity contribution is 0.126. The average Bonchev–Trinajstić information content (AvgIpc) is 2.93. The molecule has 0 atom stereocenters. The summed E-state index contributed by atoms with van der Waals surface area (Å²) < 4.78 is 33.8. The highest BCUT2D eigenvalue weighted by Crippen LogP contribution is 2.34. The Morgan fingerprint density at radius 1 is 1.08 bits per heavy atom. The molecule has 1 saturated carbocycles. The number of hydrogen-bond acceptors (Lipinski definition) is 8. The summed E-state index contributed by atoms with van der Waals surface area (Å²) in [6, 6.07) is 13.8. The fraction of sp³-hybridized carbons (Fsp3) is 0.321. The van der Waals surface area contributed by atoms with Crippen LogP contribution in [0.5, 0.6) is 5.88 Å². The van der Waals surface area contributed by atoms with Crippen LogP contribution in [0.25, 0.3) is 22.0 Å². The van der Waals surface area contributed by atoms with Gasteiger partial charge in [-0.3, -0.25) is 4.72 Å². The highest BCUT2D eigenvalue weighted by Gasteiger charge is 2.21. The maximum Gasteiger partial charge on any atom is 0.264 e. The number of hydrogen-bond donors (Lipinski definition) is 3. The number of rotatable bonds is 8. The van der Waals surface area contributed by atoms with E-state index in [-0.39, 0.29) is 33.8 Å². The highest BCUT2D eigenvalue weighted by atomic mass is 35.5. The molecule has 0 aliphatic heterocycles. The Morgan fingerprint density at radius 2 is 1.85 bits per heavy atom. The summed E-state index contributed by atoms with van der Waals surface area (Å²) in [6.45, 7) is 2.07. The molecular weight excluding hydrogens is 538 g/mol. The standard InChI is InChI=1S/C28H30ClN5O4S/c1-3-17-14-18(15-19-16-30-28(33-26(17)19)31-20-8-10-21(35)11-9-20)22-12-13-25(32-27(22)38-2)34-39(36,37)24-7-5-4-6-23(24)29/h4-7,12-16,20-21,35H,3,8-11H2,1-2H3,(H,32,34)(H,30,31,33)/t20-,21-. The number of pyridine rings is 1. The number of sulfonamides is 1. The summed E-state index contributed by atoms with van der Waals surface area (Å²) in [6.07, 6.45) is 5.68. The van der Waals surface area contributed by atoms with Gasteiger partial charge in [-0.15, -0.1) is 0 Å². The summed E-state index contributed by atoms with van der Waals surface area (Å²) >= 11 is 6.09. The third kappa shape index (κ3) is 5.93. The molecule has 1 aliphatic carbocycles. The average molecular weight is 568 g/mol. The molecule has 2 aromatic carbocycles. The van der Waals surface area contributed by atoms with Crippen LogP contribution in [0.3, 0.4) is 0 Å². The second kappa shape index (κ2) is 11.3. The zero-order valence-electron chi connectivity index (χ0n) is 21.7. The van der Waals surface area contributed by atoms with E-state index in [0.717, 1.165) is 54.1 Å². The molecule has 3 N–H and O–H groups in total. The summed E-state index contributed by atoms with van der Waals surface area (Å²) in [5, 5.41) is 14.2. The number of aliphatic hydroxyl groups excluding tert-OH is 1. The fourth-order valence-electron chi connectivity index (χ4n) is 4.84. The van der Waals surface area contributed by atoms with Crippen molar-refractivity contribution >= 4 is 44.3 Å². The van der Waals surface area contributed by atoms with E-state index < -0.39 is 10.0 Å². The van der Waals surface area contributed by atoms with Crippen molar-refractivity contribution in [3.63, 3.8) is 0 Å². The van der Waals surface area contributed by atoms with Crippen molar-refractivity contribution in [1.29, 1.82) is 0 Å². The zero-order chi connectivity index (χ0) is 27.6. The number of nitrogens with one attached hydrogen (secondary N) is 2. The van der Waals surface area contributed by atoms with Crippen molar-refractivity contribution in [2.75, 3.05) is 17.1 Å². The highest BCUT2D eigenvalue weighted by molar-refractivity contribution is 7.92. The Kier molecular flexibility index (Phi) is 7.88. The SMILES string of the molecule is CCc1cc(-c2ccc(NS(=O)(=O)c3ccccc3Cl)nc2OC)cc2cnc(N[C@H]3CC[C@H](O)CC3)nc12. The molecule has 5 rings (SSSR count). The van der Waals surface area contributed by atoms with Gasteiger partial charge in [-0.2, -0.15) is 4.98 Å². The van der Waals surface area contributed by atoms with E-state index in [2.05, 4.69) is 26.9 Å². The molecule has 0 bridgehead atoms. The van der Waals surface area contributed by atoms with Crippen molar-refractivity contribution in [2.45, 2.75) is 56.1 Å². The predicted octanol–water partition coefficient (Wildman–Crippen LogP) is 5.43. The lowest BCUT2D eigenvalue weighted by atomic mass is 9.93. The van der Waals surface area contributed by atoms with Crippen molar-refractivity contribution in [3.05, 3.63) is 65.3 Å². The molecule has 11 heteroatoms. The van der Waals surface area contributed by atoms with Gasteiger partial charge in [-0.05, 0) is 79.6 Å². The number of aryl methyl sites for hydroxylation is 1. The van der Waals surface area contributed by atoms with Gasteiger partial charge in [0, 0.05) is 23.2 Å². The van der Waals surface area contributed by atoms with E-state index in [4.69, 9.17) is 21.3 Å². The monoisotopic (exact) mass is 567 g/mol. The first-order valence-electron chi connectivity index (χ1n) is 12.8. The molecule has 204 valence electrons. The van der Waals surface area contributed by atoms with Crippen LogP contribution >= 0.6 is 11.6 Å². The second-order valence-corrected chi connectivity index (χ2v) is 11.6. The first-order chi connectivity index (χ1) is 18.8. The van der Waals surface area contributed by atoms with Gasteiger partial charge in [0.25, 0.3) is 10.0 Å². The Hall–Kier alpha value is -3.47. The van der Waals surface area contributed by atoms with Crippen LogP contribution in [-0.2, 0) is 16.4 Å². The van der Waals surface area contributed by atoms with E-state index in [1.807, 2.05) is 12.1 Å². The predicted molar refractivity (Wildman–Crippen MR) is 153 cm³/mol. The molecule has 0 spiro atoms. The van der Waals surface area contributed by atoms with Crippen molar-refractivity contribution in [2.24, 2.45) is 0 Å². The van der Waals surface area contributed by atoms with Crippen LogP contribution in [0, 0.1) is 0 Å². The van der Waals surface area contributed by atoms with Crippen LogP contribution < -0.4 is 14.8 Å². The maximum atomic E-state index is 12.9. The Labute approximate surface area is 232 Å². The van der Waals surface area contributed by atoms with Gasteiger partial charge >= 0.3 is 0 Å². The number of benzene rings is 2. The topological polar surface area (TPSA) is 126 Å². The molecule has 0 unspecified atom stereocenters. The normalized spacial score (nSPS) is 17.6. The van der Waals surface area contributed by atoms with Gasteiger partial charge in [0.15, 0.2) is 0 Å². The van der Waals surface area contributed by atoms with Crippen molar-refractivity contribution in [3.8, 4) is 17.0 Å². The quantitative estimate of drug-likeness (QED) is 0.257. The smallest absolute Gasteiger partial charge is 0.264 e. The van der Waals surface area contributed by atoms with E-state index in [9.17, 15) is 13.5 Å². The number of fused-ring (bicyclic) bond motifs is 1. The largest absolute Gasteiger partial charge is 0.480 e. The molecule has 1 aliphatic rings. The number of methoxy groups -OCH3 is 1. The number of ether oxygens (including phenoxy) is 1. The minimum Gasteiger partial charge on any atom is -0.480 e. The van der Waals surface area contributed by atoms with Crippen molar-refractivity contribution in [1.82, 2.24) is 15.0 Å². The number of halogens is 1. The Balaban J connectivity index is 1.44. The first-order valence-corrected chi connectivity index (χ1v) is 14.7. The van der Waals surface area contributed by atoms with E-state index in [0.29, 0.717) is 11.5 Å². The van der Waals surface area contributed by atoms with Gasteiger partial charge in [0.1, 0.15) is 10.7 Å². The molecule has 2 aromatic heterocycles. The summed E-state index contributed by atoms with van der Waals surface area (Å²) in [4.78, 5) is 13.7. The lowest BCUT2D eigenvalue weighted by Crippen LogP contribution is -2.28. The maximum absolute atomic E-state index is 12.9. The number of anilines is 2. The fourth-order valence-corrected chi connectivity index (χ4v) is 6.37. The number of nitrogens with zero attached hydrogens (tertiary/aromatic N) is 3. The first kappa shape index (κ1) is 27.1. The molecule has 4 aromatic rings. The molecule has 2 heterocycles. The third-order valence-electron chi connectivity index (χ3n) is 6.90. The Bertz CT molecular complexity index is 1610. The summed E-state index contributed by atoms with van der Waals surface area (Å²) in [5.74, 6) is 0.969. The molecule has 1 fully saturated rings. The lowest BCUT2D eigenvalue weighted by Gasteiger charge is -2.26. The van der Waals surface area contributed by atoms with Crippen molar-refractivity contribution < 1.29 is 18.3 Å². The molecule has 0 saturated heterocycles. The molecular formula is C28H30ClN5O4S. The van der Waals surface area contributed by atoms with E-state index in [1.165, 1.54) is 19.2 Å². The van der Waals surface area contributed by atoms with Gasteiger partial charge in [0.05, 0.1) is 23.8 Å². The summed E-state index contributed by atoms with van der Waals surface area (Å²) in [7, 11) is -2.45. The number of aliphatic hydroxyl groups is 1. The second-order valence-electron chi connectivity index (χ2n) is 9.56. The van der Waals surface area contributed by atoms with Crippen LogP contribution in [0.15, 0.2) is 59.6 Å². The third-order valence-corrected chi connectivity index (χ3v) is 8.76.